The van der Waals surface area contributed by atoms with Gasteiger partial charge in [0.05, 0.1) is 6.04 Å². The number of pyridine rings is 1. The van der Waals surface area contributed by atoms with Crippen molar-refractivity contribution in [3.8, 4) is 11.1 Å². The van der Waals surface area contributed by atoms with E-state index in [2.05, 4.69) is 10.3 Å². The van der Waals surface area contributed by atoms with Gasteiger partial charge >= 0.3 is 0 Å². The number of nitrogens with one attached hydrogen (secondary N) is 1. The first-order valence-electron chi connectivity index (χ1n) is 11.0. The highest BCUT2D eigenvalue weighted by Crippen LogP contribution is 2.29. The van der Waals surface area contributed by atoms with Crippen LogP contribution in [-0.2, 0) is 4.79 Å². The molecule has 0 aliphatic heterocycles. The standard InChI is InChI=1S/C27H27N5O3/c1-32(2)23(17-9-7-16(8-10-17)20-5-3-4-6-22(20)26(29)34)24(33)27(35)31-19-11-12-21-18(15-19)13-14-30-25(21)28/h3-15,23-24,33H,1-2H3,(H2,28,30)(H2,29,34)(H,31,35). The van der Waals surface area contributed by atoms with Gasteiger partial charge in [0.15, 0.2) is 6.10 Å². The zero-order valence-electron chi connectivity index (χ0n) is 19.5. The number of anilines is 2. The van der Waals surface area contributed by atoms with Crippen LogP contribution in [0.25, 0.3) is 21.9 Å². The van der Waals surface area contributed by atoms with E-state index in [1.165, 1.54) is 0 Å². The zero-order chi connectivity index (χ0) is 25.1. The zero-order valence-corrected chi connectivity index (χ0v) is 19.5. The second-order valence-corrected chi connectivity index (χ2v) is 8.51. The molecule has 0 radical (unpaired) electrons. The molecule has 4 rings (SSSR count). The fourth-order valence-corrected chi connectivity index (χ4v) is 4.21. The minimum Gasteiger partial charge on any atom is -0.383 e. The minimum atomic E-state index is -1.34. The quantitative estimate of drug-likeness (QED) is 0.328. The normalized spacial score (nSPS) is 12.9. The van der Waals surface area contributed by atoms with Crippen LogP contribution in [0.2, 0.25) is 0 Å². The summed E-state index contributed by atoms with van der Waals surface area (Å²) in [6.45, 7) is 0. The number of benzene rings is 3. The smallest absolute Gasteiger partial charge is 0.255 e. The first kappa shape index (κ1) is 23.9. The van der Waals surface area contributed by atoms with Crippen LogP contribution >= 0.6 is 0 Å². The molecule has 0 fully saturated rings. The lowest BCUT2D eigenvalue weighted by molar-refractivity contribution is -0.127. The van der Waals surface area contributed by atoms with Crippen LogP contribution in [0.1, 0.15) is 22.0 Å². The van der Waals surface area contributed by atoms with Crippen molar-refractivity contribution in [2.75, 3.05) is 25.1 Å². The SMILES string of the molecule is CN(C)C(c1ccc(-c2ccccc2C(N)=O)cc1)C(O)C(=O)Nc1ccc2c(N)nccc2c1. The number of rotatable bonds is 7. The summed E-state index contributed by atoms with van der Waals surface area (Å²) in [7, 11) is 3.59. The Morgan fingerprint density at radius 2 is 1.71 bits per heavy atom. The Labute approximate surface area is 203 Å². The van der Waals surface area contributed by atoms with Gasteiger partial charge in [-0.1, -0.05) is 42.5 Å². The third kappa shape index (κ3) is 4.98. The predicted molar refractivity (Wildman–Crippen MR) is 138 cm³/mol. The van der Waals surface area contributed by atoms with E-state index in [9.17, 15) is 14.7 Å². The van der Waals surface area contributed by atoms with E-state index in [0.29, 0.717) is 17.1 Å². The number of nitrogens with zero attached hydrogens (tertiary/aromatic N) is 2. The number of aromatic nitrogens is 1. The molecule has 3 aromatic carbocycles. The summed E-state index contributed by atoms with van der Waals surface area (Å²) >= 11 is 0. The Morgan fingerprint density at radius 1 is 1.00 bits per heavy atom. The summed E-state index contributed by atoms with van der Waals surface area (Å²) in [5.41, 5.74) is 14.7. The highest BCUT2D eigenvalue weighted by Gasteiger charge is 2.29. The summed E-state index contributed by atoms with van der Waals surface area (Å²) in [4.78, 5) is 30.6. The lowest BCUT2D eigenvalue weighted by atomic mass is 9.94. The minimum absolute atomic E-state index is 0.412. The number of carbonyl (C=O) groups is 2. The van der Waals surface area contributed by atoms with Crippen molar-refractivity contribution in [3.05, 3.63) is 90.1 Å². The molecule has 2 amide bonds. The Morgan fingerprint density at radius 3 is 2.40 bits per heavy atom. The Hall–Kier alpha value is -4.27. The molecule has 8 heteroatoms. The Bertz CT molecular complexity index is 1390. The lowest BCUT2D eigenvalue weighted by Crippen LogP contribution is -2.39. The van der Waals surface area contributed by atoms with E-state index in [1.54, 1.807) is 61.6 Å². The van der Waals surface area contributed by atoms with E-state index >= 15 is 0 Å². The number of primary amides is 1. The van der Waals surface area contributed by atoms with E-state index in [1.807, 2.05) is 36.4 Å². The predicted octanol–water partition coefficient (Wildman–Crippen LogP) is 3.19. The summed E-state index contributed by atoms with van der Waals surface area (Å²) < 4.78 is 0. The van der Waals surface area contributed by atoms with Crippen molar-refractivity contribution in [3.63, 3.8) is 0 Å². The van der Waals surface area contributed by atoms with E-state index < -0.39 is 24.0 Å². The van der Waals surface area contributed by atoms with Crippen LogP contribution in [0.4, 0.5) is 11.5 Å². The molecule has 1 heterocycles. The Kier molecular flexibility index (Phi) is 6.77. The van der Waals surface area contributed by atoms with Gasteiger partial charge in [-0.25, -0.2) is 4.98 Å². The largest absolute Gasteiger partial charge is 0.383 e. The summed E-state index contributed by atoms with van der Waals surface area (Å²) in [5, 5.41) is 15.4. The van der Waals surface area contributed by atoms with Crippen molar-refractivity contribution in [2.45, 2.75) is 12.1 Å². The average molecular weight is 470 g/mol. The highest BCUT2D eigenvalue weighted by molar-refractivity contribution is 6.00. The Balaban J connectivity index is 1.56. The molecular weight excluding hydrogens is 442 g/mol. The van der Waals surface area contributed by atoms with Crippen LogP contribution < -0.4 is 16.8 Å². The molecule has 6 N–H and O–H groups in total. The second kappa shape index (κ2) is 9.92. The van der Waals surface area contributed by atoms with Gasteiger partial charge in [-0.05, 0) is 66.5 Å². The third-order valence-corrected chi connectivity index (χ3v) is 5.94. The fraction of sp³-hybridized carbons (Fsp3) is 0.148. The monoisotopic (exact) mass is 469 g/mol. The van der Waals surface area contributed by atoms with Gasteiger partial charge in [-0.3, -0.25) is 14.5 Å². The molecular formula is C27H27N5O3. The number of fused-ring (bicyclic) bond motifs is 1. The maximum absolute atomic E-state index is 13.0. The van der Waals surface area contributed by atoms with E-state index in [4.69, 9.17) is 11.5 Å². The summed E-state index contributed by atoms with van der Waals surface area (Å²) in [6.07, 6.45) is 0.262. The maximum Gasteiger partial charge on any atom is 0.255 e. The number of likely N-dealkylation sites (N-methyl/N-ethyl adjacent to an activating group) is 1. The van der Waals surface area contributed by atoms with Gasteiger partial charge in [0.25, 0.3) is 5.91 Å². The van der Waals surface area contributed by atoms with Gasteiger partial charge in [-0.15, -0.1) is 0 Å². The topological polar surface area (TPSA) is 135 Å². The van der Waals surface area contributed by atoms with Crippen molar-refractivity contribution >= 4 is 34.1 Å². The van der Waals surface area contributed by atoms with Crippen LogP contribution in [-0.4, -0.2) is 47.0 Å². The molecule has 35 heavy (non-hydrogen) atoms. The molecule has 178 valence electrons. The third-order valence-electron chi connectivity index (χ3n) is 5.94. The molecule has 0 spiro atoms. The van der Waals surface area contributed by atoms with Gasteiger partial charge in [0, 0.05) is 22.8 Å². The van der Waals surface area contributed by atoms with Crippen molar-refractivity contribution in [2.24, 2.45) is 5.73 Å². The maximum atomic E-state index is 13.0. The molecule has 4 aromatic rings. The molecule has 0 bridgehead atoms. The number of hydrogen-bond acceptors (Lipinski definition) is 6. The molecule has 0 aliphatic carbocycles. The number of nitrogen functional groups attached to an aromatic ring is 1. The fourth-order valence-electron chi connectivity index (χ4n) is 4.21. The molecule has 2 atom stereocenters. The second-order valence-electron chi connectivity index (χ2n) is 8.51. The van der Waals surface area contributed by atoms with Crippen LogP contribution in [0.15, 0.2) is 79.0 Å². The molecule has 0 aliphatic rings. The first-order chi connectivity index (χ1) is 16.8. The summed E-state index contributed by atoms with van der Waals surface area (Å²) in [6, 6.07) is 21.0. The van der Waals surface area contributed by atoms with Crippen LogP contribution in [0.3, 0.4) is 0 Å². The van der Waals surface area contributed by atoms with Gasteiger partial charge in [0.1, 0.15) is 5.82 Å². The van der Waals surface area contributed by atoms with Crippen molar-refractivity contribution in [1.29, 1.82) is 0 Å². The summed E-state index contributed by atoms with van der Waals surface area (Å²) in [5.74, 6) is -0.626. The molecule has 1 aromatic heterocycles. The molecule has 2 unspecified atom stereocenters. The highest BCUT2D eigenvalue weighted by atomic mass is 16.3. The number of aliphatic hydroxyl groups is 1. The van der Waals surface area contributed by atoms with E-state index in [0.717, 1.165) is 27.5 Å². The average Bonchev–Trinajstić information content (AvgIpc) is 2.84. The first-order valence-corrected chi connectivity index (χ1v) is 11.0. The van der Waals surface area contributed by atoms with Crippen molar-refractivity contribution in [1.82, 2.24) is 9.88 Å². The van der Waals surface area contributed by atoms with Crippen molar-refractivity contribution < 1.29 is 14.7 Å². The van der Waals surface area contributed by atoms with Gasteiger partial charge in [0.2, 0.25) is 5.91 Å². The van der Waals surface area contributed by atoms with Crippen LogP contribution in [0.5, 0.6) is 0 Å². The number of amides is 2. The van der Waals surface area contributed by atoms with Gasteiger partial charge < -0.3 is 21.9 Å². The lowest BCUT2D eigenvalue weighted by Gasteiger charge is -2.29. The molecule has 8 nitrogen and oxygen atoms in total. The number of hydrogen-bond donors (Lipinski definition) is 4. The molecule has 0 saturated heterocycles. The number of carbonyl (C=O) groups excluding carboxylic acids is 2. The number of nitrogens with two attached hydrogens (primary N) is 2. The van der Waals surface area contributed by atoms with Gasteiger partial charge in [-0.2, -0.15) is 0 Å². The molecule has 0 saturated carbocycles. The van der Waals surface area contributed by atoms with Crippen LogP contribution in [0, 0.1) is 0 Å². The van der Waals surface area contributed by atoms with E-state index in [-0.39, 0.29) is 0 Å². The number of aliphatic hydroxyl groups excluding tert-OH is 1.